The summed E-state index contributed by atoms with van der Waals surface area (Å²) in [5.41, 5.74) is -1.11. The van der Waals surface area contributed by atoms with Crippen LogP contribution in [-0.2, 0) is 25.0 Å². The van der Waals surface area contributed by atoms with E-state index in [1.165, 1.54) is 39.1 Å². The average molecular weight is 583 g/mol. The van der Waals surface area contributed by atoms with Gasteiger partial charge in [0.1, 0.15) is 39.7 Å². The number of rotatable bonds is 5. The van der Waals surface area contributed by atoms with Crippen LogP contribution in [0.4, 0.5) is 11.4 Å². The Morgan fingerprint density at radius 1 is 1.15 bits per heavy atom. The van der Waals surface area contributed by atoms with Crippen LogP contribution in [0.15, 0.2) is 41.3 Å². The second-order valence-electron chi connectivity index (χ2n) is 10.5. The van der Waals surface area contributed by atoms with Gasteiger partial charge >= 0.3 is 0 Å². The van der Waals surface area contributed by atoms with Crippen molar-refractivity contribution >= 4 is 38.7 Å². The zero-order valence-electron chi connectivity index (χ0n) is 23.2. The quantitative estimate of drug-likeness (QED) is 0.270. The van der Waals surface area contributed by atoms with Crippen molar-refractivity contribution in [1.82, 2.24) is 0 Å². The molecule has 0 spiro atoms. The van der Waals surface area contributed by atoms with Crippen LogP contribution in [0.25, 0.3) is 0 Å². The summed E-state index contributed by atoms with van der Waals surface area (Å²) >= 11 is 0. The van der Waals surface area contributed by atoms with Crippen LogP contribution < -0.4 is 19.1 Å². The molecule has 1 atom stereocenters. The van der Waals surface area contributed by atoms with Crippen molar-refractivity contribution in [2.75, 3.05) is 29.0 Å². The van der Waals surface area contributed by atoms with E-state index in [9.17, 15) is 33.0 Å². The number of methoxy groups -OCH3 is 1. The van der Waals surface area contributed by atoms with Gasteiger partial charge in [0.15, 0.2) is 17.3 Å². The molecule has 0 unspecified atom stereocenters. The molecule has 1 saturated heterocycles. The molecule has 0 aromatic heterocycles. The van der Waals surface area contributed by atoms with Crippen LogP contribution in [0.2, 0.25) is 0 Å². The fourth-order valence-electron chi connectivity index (χ4n) is 5.66. The molecule has 2 aromatic rings. The summed E-state index contributed by atoms with van der Waals surface area (Å²) in [4.78, 5) is 39.7. The highest BCUT2D eigenvalue weighted by atomic mass is 32.2. The van der Waals surface area contributed by atoms with Crippen LogP contribution in [0.1, 0.15) is 55.1 Å². The minimum Gasteiger partial charge on any atom is -0.507 e. The highest BCUT2D eigenvalue weighted by Gasteiger charge is 2.56. The molecule has 2 aromatic carbocycles. The number of ketones is 3. The maximum absolute atomic E-state index is 14.1. The van der Waals surface area contributed by atoms with Crippen molar-refractivity contribution in [3.8, 4) is 23.0 Å². The molecular formula is C29H30N2O9S. The van der Waals surface area contributed by atoms with Crippen LogP contribution in [-0.4, -0.2) is 55.4 Å². The second kappa shape index (κ2) is 9.65. The van der Waals surface area contributed by atoms with Gasteiger partial charge in [-0.3, -0.25) is 18.7 Å². The largest absolute Gasteiger partial charge is 0.507 e. The lowest BCUT2D eigenvalue weighted by molar-refractivity contribution is -0.123. The van der Waals surface area contributed by atoms with Gasteiger partial charge in [0.25, 0.3) is 0 Å². The molecule has 2 heterocycles. The number of fused-ring (bicyclic) bond motifs is 3. The van der Waals surface area contributed by atoms with Gasteiger partial charge in [-0.15, -0.1) is 0 Å². The number of phenolic OH excluding ortho intramolecular Hbond substituents is 2. The van der Waals surface area contributed by atoms with E-state index in [-0.39, 0.29) is 45.2 Å². The number of carbonyl (C=O) groups is 3. The molecule has 0 radical (unpaired) electrons. The monoisotopic (exact) mass is 582 g/mol. The minimum atomic E-state index is -3.54. The fourth-order valence-corrected chi connectivity index (χ4v) is 7.30. The number of sulfonamides is 1. The molecule has 1 fully saturated rings. The number of benzene rings is 2. The first-order chi connectivity index (χ1) is 19.2. The van der Waals surface area contributed by atoms with E-state index in [2.05, 4.69) is 5.32 Å². The Hall–Kier alpha value is -4.32. The number of aromatic hydroxyl groups is 2. The number of nitrogens with one attached hydrogen (secondary N) is 1. The van der Waals surface area contributed by atoms with E-state index in [0.29, 0.717) is 36.5 Å². The van der Waals surface area contributed by atoms with Crippen molar-refractivity contribution in [3.63, 3.8) is 0 Å². The Morgan fingerprint density at radius 2 is 1.85 bits per heavy atom. The molecule has 0 bridgehead atoms. The van der Waals surface area contributed by atoms with Crippen LogP contribution in [0, 0.1) is 6.92 Å². The molecule has 41 heavy (non-hydrogen) atoms. The third-order valence-corrected chi connectivity index (χ3v) is 9.74. The van der Waals surface area contributed by atoms with Gasteiger partial charge in [0.05, 0.1) is 29.7 Å². The molecule has 3 aliphatic rings. The number of allylic oxidation sites excluding steroid dienone is 4. The smallest absolute Gasteiger partial charge is 0.235 e. The molecule has 2 aliphatic heterocycles. The lowest BCUT2D eigenvalue weighted by Crippen LogP contribution is -2.40. The maximum Gasteiger partial charge on any atom is 0.235 e. The number of hydrogen-bond acceptors (Lipinski definition) is 10. The van der Waals surface area contributed by atoms with E-state index >= 15 is 0 Å². The number of Topliss-reactive ketones (excluding diaryl/α,β-unsaturated/α-hetero) is 2. The van der Waals surface area contributed by atoms with Gasteiger partial charge in [0, 0.05) is 29.6 Å². The fraction of sp³-hybridized carbons (Fsp3) is 0.345. The third-order valence-electron chi connectivity index (χ3n) is 7.89. The van der Waals surface area contributed by atoms with Gasteiger partial charge in [-0.1, -0.05) is 0 Å². The van der Waals surface area contributed by atoms with Crippen LogP contribution in [0.5, 0.6) is 23.0 Å². The number of anilines is 2. The second-order valence-corrected chi connectivity index (χ2v) is 12.5. The summed E-state index contributed by atoms with van der Waals surface area (Å²) in [6.07, 6.45) is 2.40. The molecule has 0 saturated carbocycles. The zero-order chi connectivity index (χ0) is 30.0. The number of carbonyl (C=O) groups excluding carboxylic acids is 3. The first-order valence-electron chi connectivity index (χ1n) is 13.0. The lowest BCUT2D eigenvalue weighted by Gasteiger charge is -2.30. The molecule has 216 valence electrons. The van der Waals surface area contributed by atoms with Gasteiger partial charge in [-0.05, 0) is 58.7 Å². The number of ether oxygens (including phenoxy) is 2. The molecule has 5 rings (SSSR count). The first-order valence-corrected chi connectivity index (χ1v) is 14.6. The normalized spacial score (nSPS) is 22.4. The molecule has 12 heteroatoms. The average Bonchev–Trinajstić information content (AvgIpc) is 3.19. The SMILES string of the molecule is COc1ccc(NC(C)=C2C(=O)C=C3Oc4c(C(C)=O)c(O)c(C)c(O)c4[C@@]3(C)C2=O)cc1N1CCCCS1(=O)=O. The van der Waals surface area contributed by atoms with Crippen molar-refractivity contribution in [2.45, 2.75) is 46.0 Å². The van der Waals surface area contributed by atoms with E-state index in [4.69, 9.17) is 9.47 Å². The van der Waals surface area contributed by atoms with Crippen molar-refractivity contribution < 1.29 is 42.5 Å². The Bertz CT molecular complexity index is 1720. The van der Waals surface area contributed by atoms with E-state index in [1.807, 2.05) is 0 Å². The number of phenols is 2. The predicted octanol–water partition coefficient (Wildman–Crippen LogP) is 3.62. The minimum absolute atomic E-state index is 0.00327. The Balaban J connectivity index is 1.60. The summed E-state index contributed by atoms with van der Waals surface area (Å²) in [5.74, 6) is -2.60. The van der Waals surface area contributed by atoms with Crippen molar-refractivity contribution in [1.29, 1.82) is 0 Å². The lowest BCUT2D eigenvalue weighted by atomic mass is 9.70. The topological polar surface area (TPSA) is 160 Å². The summed E-state index contributed by atoms with van der Waals surface area (Å²) in [5, 5.41) is 24.6. The van der Waals surface area contributed by atoms with Crippen molar-refractivity contribution in [3.05, 3.63) is 58.0 Å². The van der Waals surface area contributed by atoms with Crippen LogP contribution >= 0.6 is 0 Å². The Kier molecular flexibility index (Phi) is 6.64. The van der Waals surface area contributed by atoms with E-state index in [1.54, 1.807) is 18.2 Å². The summed E-state index contributed by atoms with van der Waals surface area (Å²) in [6, 6.07) is 4.81. The van der Waals surface area contributed by atoms with Crippen LogP contribution in [0.3, 0.4) is 0 Å². The standard InChI is InChI=1S/C29H30N2O9S/c1-14-25(34)23(16(3)32)27-24(26(14)35)29(4)21(40-27)13-19(33)22(28(29)36)15(2)30-17-8-9-20(39-5)18(12-17)31-10-6-7-11-41(31,37)38/h8-9,12-13,30,34-35H,6-7,10-11H2,1-5H3/t29-/m0/s1. The van der Waals surface area contributed by atoms with E-state index < -0.39 is 44.3 Å². The number of hydrogen-bond donors (Lipinski definition) is 3. The first kappa shape index (κ1) is 28.2. The summed E-state index contributed by atoms with van der Waals surface area (Å²) in [7, 11) is -2.10. The Labute approximate surface area is 237 Å². The molecule has 11 nitrogen and oxygen atoms in total. The molecule has 3 N–H and O–H groups in total. The number of nitrogens with zero attached hydrogens (tertiary/aromatic N) is 1. The predicted molar refractivity (Wildman–Crippen MR) is 150 cm³/mol. The summed E-state index contributed by atoms with van der Waals surface area (Å²) < 4.78 is 38.1. The van der Waals surface area contributed by atoms with E-state index in [0.717, 1.165) is 6.08 Å². The van der Waals surface area contributed by atoms with Gasteiger partial charge in [-0.25, -0.2) is 8.42 Å². The Morgan fingerprint density at radius 3 is 2.49 bits per heavy atom. The van der Waals surface area contributed by atoms with Gasteiger partial charge < -0.3 is 25.0 Å². The molecule has 0 amide bonds. The van der Waals surface area contributed by atoms with Crippen molar-refractivity contribution in [2.24, 2.45) is 0 Å². The highest BCUT2D eigenvalue weighted by Crippen LogP contribution is 2.57. The maximum atomic E-state index is 14.1. The van der Waals surface area contributed by atoms with Gasteiger partial charge in [0.2, 0.25) is 10.0 Å². The zero-order valence-corrected chi connectivity index (χ0v) is 24.1. The molecule has 1 aliphatic carbocycles. The molecular weight excluding hydrogens is 552 g/mol. The van der Waals surface area contributed by atoms with Gasteiger partial charge in [-0.2, -0.15) is 0 Å². The third kappa shape index (κ3) is 4.16. The highest BCUT2D eigenvalue weighted by molar-refractivity contribution is 7.92. The summed E-state index contributed by atoms with van der Waals surface area (Å²) in [6.45, 7) is 5.95.